The van der Waals surface area contributed by atoms with Gasteiger partial charge in [-0.15, -0.1) is 0 Å². The largest absolute Gasteiger partial charge is 0.493 e. The molecule has 5 rings (SSSR count). The number of aromatic nitrogens is 5. The molecule has 1 aromatic carbocycles. The third-order valence-electron chi connectivity index (χ3n) is 7.25. The van der Waals surface area contributed by atoms with Crippen molar-refractivity contribution in [2.75, 3.05) is 33.4 Å². The molecule has 2 N–H and O–H groups in total. The summed E-state index contributed by atoms with van der Waals surface area (Å²) in [5.41, 5.74) is 1.64. The highest BCUT2D eigenvalue weighted by molar-refractivity contribution is 5.96. The van der Waals surface area contributed by atoms with Crippen LogP contribution in [-0.2, 0) is 16.1 Å². The number of carbonyl (C=O) groups excluding carboxylic acids is 3. The van der Waals surface area contributed by atoms with Gasteiger partial charge in [0.1, 0.15) is 23.9 Å². The topological polar surface area (TPSA) is 145 Å². The van der Waals surface area contributed by atoms with Crippen LogP contribution in [0.5, 0.6) is 11.5 Å². The van der Waals surface area contributed by atoms with Gasteiger partial charge in [-0.2, -0.15) is 5.10 Å². The van der Waals surface area contributed by atoms with E-state index in [2.05, 4.69) is 25.7 Å². The fourth-order valence-electron chi connectivity index (χ4n) is 5.04. The van der Waals surface area contributed by atoms with Crippen LogP contribution in [0.1, 0.15) is 37.2 Å². The van der Waals surface area contributed by atoms with Crippen molar-refractivity contribution in [1.82, 2.24) is 39.7 Å². The molecule has 1 aliphatic heterocycles. The number of aryl methyl sites for hydroxylation is 1. The number of ether oxygens (including phenoxy) is 2. The molecular weight excluding hydrogens is 552 g/mol. The summed E-state index contributed by atoms with van der Waals surface area (Å²) in [6.07, 6.45) is 6.08. The summed E-state index contributed by atoms with van der Waals surface area (Å²) in [6.45, 7) is 5.00. The number of fused-ring (bicyclic) bond motifs is 5. The standard InChI is InChI=1S/C30H36N8O5/c1-20(2)27-29(40)32-11-5-13-36-15-12-31-28(36)21-9-10-23(42-3)24(17-21)43-16-6-14-37(18-26(39)35-27)30(41)22-7-4-8-25-33-19-34-38(22)25/h4,7-10,12,15,17,19-20,27H,5-6,11,13-14,16,18H2,1-3H3,(H,32,40)(H,35,39)/t27-/m1/s1. The van der Waals surface area contributed by atoms with E-state index >= 15 is 0 Å². The first kappa shape index (κ1) is 29.5. The number of carbonyl (C=O) groups is 3. The lowest BCUT2D eigenvalue weighted by Gasteiger charge is -2.26. The van der Waals surface area contributed by atoms with Gasteiger partial charge >= 0.3 is 0 Å². The number of pyridine rings is 1. The molecule has 0 unspecified atom stereocenters. The summed E-state index contributed by atoms with van der Waals surface area (Å²) in [5.74, 6) is 0.607. The quantitative estimate of drug-likeness (QED) is 0.371. The second-order valence-corrected chi connectivity index (χ2v) is 10.6. The van der Waals surface area contributed by atoms with E-state index in [0.29, 0.717) is 43.1 Å². The minimum atomic E-state index is -0.758. The minimum absolute atomic E-state index is 0.166. The Morgan fingerprint density at radius 2 is 1.98 bits per heavy atom. The normalized spacial score (nSPS) is 17.2. The lowest BCUT2D eigenvalue weighted by molar-refractivity contribution is -0.130. The van der Waals surface area contributed by atoms with Crippen LogP contribution >= 0.6 is 0 Å². The fourth-order valence-corrected chi connectivity index (χ4v) is 5.04. The van der Waals surface area contributed by atoms with Crippen molar-refractivity contribution in [3.63, 3.8) is 0 Å². The Hall–Kier alpha value is -4.94. The monoisotopic (exact) mass is 588 g/mol. The van der Waals surface area contributed by atoms with E-state index in [1.165, 1.54) is 15.7 Å². The summed E-state index contributed by atoms with van der Waals surface area (Å²) in [5, 5.41) is 9.96. The van der Waals surface area contributed by atoms with E-state index < -0.39 is 17.9 Å². The van der Waals surface area contributed by atoms with E-state index in [1.807, 2.05) is 42.8 Å². The number of benzene rings is 1. The van der Waals surface area contributed by atoms with Gasteiger partial charge in [0.25, 0.3) is 5.91 Å². The highest BCUT2D eigenvalue weighted by Crippen LogP contribution is 2.32. The molecule has 13 nitrogen and oxygen atoms in total. The number of methoxy groups -OCH3 is 1. The van der Waals surface area contributed by atoms with Gasteiger partial charge in [-0.05, 0) is 49.1 Å². The number of nitrogens with one attached hydrogen (secondary N) is 2. The molecule has 4 heterocycles. The molecule has 0 spiro atoms. The molecule has 0 saturated heterocycles. The zero-order valence-electron chi connectivity index (χ0n) is 24.5. The number of hydrogen-bond donors (Lipinski definition) is 2. The van der Waals surface area contributed by atoms with Gasteiger partial charge in [0.15, 0.2) is 17.1 Å². The average molecular weight is 589 g/mol. The van der Waals surface area contributed by atoms with E-state index in [4.69, 9.17) is 9.47 Å². The SMILES string of the molecule is COc1ccc2cc1OCCCN(C(=O)c1cccc3ncnn13)CC(=O)N[C@H](C(C)C)C(=O)NCCCn1ccnc1-2. The lowest BCUT2D eigenvalue weighted by atomic mass is 10.0. The Morgan fingerprint density at radius 3 is 2.79 bits per heavy atom. The van der Waals surface area contributed by atoms with Crippen molar-refractivity contribution in [3.8, 4) is 22.9 Å². The molecule has 4 aromatic rings. The molecule has 0 fully saturated rings. The second kappa shape index (κ2) is 13.4. The number of imidazole rings is 1. The summed E-state index contributed by atoms with van der Waals surface area (Å²) in [7, 11) is 1.58. The van der Waals surface area contributed by atoms with E-state index in [9.17, 15) is 14.4 Å². The van der Waals surface area contributed by atoms with Gasteiger partial charge in [-0.25, -0.2) is 14.5 Å². The Morgan fingerprint density at radius 1 is 1.12 bits per heavy atom. The summed E-state index contributed by atoms with van der Waals surface area (Å²) >= 11 is 0. The molecule has 0 radical (unpaired) electrons. The van der Waals surface area contributed by atoms with E-state index in [-0.39, 0.29) is 37.2 Å². The Bertz CT molecular complexity index is 1600. The first-order valence-electron chi connectivity index (χ1n) is 14.3. The molecule has 43 heavy (non-hydrogen) atoms. The second-order valence-electron chi connectivity index (χ2n) is 10.6. The molecule has 0 aliphatic carbocycles. The van der Waals surface area contributed by atoms with Crippen LogP contribution in [0.25, 0.3) is 17.0 Å². The van der Waals surface area contributed by atoms with Crippen molar-refractivity contribution >= 4 is 23.4 Å². The van der Waals surface area contributed by atoms with Gasteiger partial charge in [-0.1, -0.05) is 19.9 Å². The van der Waals surface area contributed by atoms with E-state index in [1.54, 1.807) is 31.5 Å². The van der Waals surface area contributed by atoms with Crippen molar-refractivity contribution < 1.29 is 23.9 Å². The van der Waals surface area contributed by atoms with Gasteiger partial charge < -0.3 is 29.6 Å². The first-order valence-corrected chi connectivity index (χ1v) is 14.3. The smallest absolute Gasteiger partial charge is 0.273 e. The van der Waals surface area contributed by atoms with Crippen LogP contribution in [0.15, 0.2) is 55.1 Å². The number of hydrogen-bond acceptors (Lipinski definition) is 8. The highest BCUT2D eigenvalue weighted by Gasteiger charge is 2.27. The third-order valence-corrected chi connectivity index (χ3v) is 7.25. The van der Waals surface area contributed by atoms with Crippen LogP contribution in [0, 0.1) is 5.92 Å². The summed E-state index contributed by atoms with van der Waals surface area (Å²) in [4.78, 5) is 50.2. The van der Waals surface area contributed by atoms with Gasteiger partial charge in [0.2, 0.25) is 11.8 Å². The van der Waals surface area contributed by atoms with E-state index in [0.717, 1.165) is 11.4 Å². The molecule has 1 aliphatic rings. The van der Waals surface area contributed by atoms with Crippen molar-refractivity contribution in [2.45, 2.75) is 39.3 Å². The predicted molar refractivity (Wildman–Crippen MR) is 158 cm³/mol. The third kappa shape index (κ3) is 6.76. The molecular formula is C30H36N8O5. The fraction of sp³-hybridized carbons (Fsp3) is 0.400. The van der Waals surface area contributed by atoms with Crippen molar-refractivity contribution in [2.24, 2.45) is 5.92 Å². The minimum Gasteiger partial charge on any atom is -0.493 e. The zero-order valence-corrected chi connectivity index (χ0v) is 24.5. The maximum Gasteiger partial charge on any atom is 0.273 e. The number of amides is 3. The van der Waals surface area contributed by atoms with Gasteiger partial charge in [-0.3, -0.25) is 14.4 Å². The Kier molecular flexibility index (Phi) is 9.18. The zero-order chi connectivity index (χ0) is 30.3. The van der Waals surface area contributed by atoms with Crippen molar-refractivity contribution in [1.29, 1.82) is 0 Å². The number of rotatable bonds is 3. The van der Waals surface area contributed by atoms with Crippen LogP contribution in [0.4, 0.5) is 0 Å². The number of nitrogens with zero attached hydrogens (tertiary/aromatic N) is 6. The Balaban J connectivity index is 1.43. The molecule has 3 aromatic heterocycles. The average Bonchev–Trinajstić information content (AvgIpc) is 3.68. The lowest BCUT2D eigenvalue weighted by Crippen LogP contribution is -2.52. The van der Waals surface area contributed by atoms with Crippen molar-refractivity contribution in [3.05, 3.63) is 60.8 Å². The van der Waals surface area contributed by atoms with Crippen LogP contribution in [-0.4, -0.2) is 86.2 Å². The maximum absolute atomic E-state index is 13.7. The molecule has 3 amide bonds. The summed E-state index contributed by atoms with van der Waals surface area (Å²) in [6, 6.07) is 9.97. The molecule has 2 bridgehead atoms. The predicted octanol–water partition coefficient (Wildman–Crippen LogP) is 2.17. The molecule has 0 saturated carbocycles. The maximum atomic E-state index is 13.7. The molecule has 226 valence electrons. The van der Waals surface area contributed by atoms with Crippen LogP contribution in [0.2, 0.25) is 0 Å². The Labute approximate surface area is 249 Å². The first-order chi connectivity index (χ1) is 20.9. The van der Waals surface area contributed by atoms with Crippen LogP contribution < -0.4 is 20.1 Å². The molecule has 13 heteroatoms. The van der Waals surface area contributed by atoms with Gasteiger partial charge in [0, 0.05) is 37.6 Å². The highest BCUT2D eigenvalue weighted by atomic mass is 16.5. The molecule has 1 atom stereocenters. The summed E-state index contributed by atoms with van der Waals surface area (Å²) < 4.78 is 15.1. The van der Waals surface area contributed by atoms with Gasteiger partial charge in [0.05, 0.1) is 20.3 Å². The van der Waals surface area contributed by atoms with Crippen LogP contribution in [0.3, 0.4) is 0 Å².